The Morgan fingerprint density at radius 3 is 2.93 bits per heavy atom. The van der Waals surface area contributed by atoms with Gasteiger partial charge in [0.2, 0.25) is 0 Å². The number of nitrogens with zero attached hydrogens (tertiary/aromatic N) is 4. The normalized spacial score (nSPS) is 16.1. The van der Waals surface area contributed by atoms with Crippen molar-refractivity contribution < 1.29 is 0 Å². The van der Waals surface area contributed by atoms with E-state index in [-0.39, 0.29) is 0 Å². The van der Waals surface area contributed by atoms with Crippen LogP contribution in [0.5, 0.6) is 0 Å². The minimum Gasteiger partial charge on any atom is -0.364 e. The molecule has 0 spiro atoms. The minimum atomic E-state index is 0.639. The number of pyridine rings is 2. The van der Waals surface area contributed by atoms with E-state index in [4.69, 9.17) is 9.97 Å². The number of thiophene rings is 1. The number of hydrogen-bond acceptors (Lipinski definition) is 6. The molecule has 5 rings (SSSR count). The van der Waals surface area contributed by atoms with Crippen molar-refractivity contribution in [2.45, 2.75) is 32.7 Å². The number of hydrogen-bond donors (Lipinski definition) is 1. The zero-order valence-electron chi connectivity index (χ0n) is 15.7. The highest BCUT2D eigenvalue weighted by molar-refractivity contribution is 7.19. The summed E-state index contributed by atoms with van der Waals surface area (Å²) < 4.78 is 0. The Hall–Kier alpha value is -2.86. The molecule has 0 amide bonds. The zero-order chi connectivity index (χ0) is 18.9. The van der Waals surface area contributed by atoms with Crippen LogP contribution in [-0.4, -0.2) is 19.9 Å². The molecule has 0 unspecified atom stereocenters. The molecule has 28 heavy (non-hydrogen) atoms. The van der Waals surface area contributed by atoms with Gasteiger partial charge in [0.05, 0.1) is 17.6 Å². The molecule has 0 aromatic carbocycles. The summed E-state index contributed by atoms with van der Waals surface area (Å²) in [5.74, 6) is 2.36. The second kappa shape index (κ2) is 7.28. The maximum atomic E-state index is 4.90. The highest BCUT2D eigenvalue weighted by Crippen LogP contribution is 2.40. The topological polar surface area (TPSA) is 63.6 Å². The SMILES string of the molecule is C[C@@H]1CCc2c(sc3nc(-c4cccnc4)nc(NCc4ccccn4)c23)C1. The van der Waals surface area contributed by atoms with Crippen LogP contribution in [0.3, 0.4) is 0 Å². The Balaban J connectivity index is 1.62. The molecular formula is C22H21N5S. The fourth-order valence-electron chi connectivity index (χ4n) is 3.77. The van der Waals surface area contributed by atoms with Gasteiger partial charge in [0.1, 0.15) is 10.6 Å². The van der Waals surface area contributed by atoms with Gasteiger partial charge in [-0.1, -0.05) is 13.0 Å². The van der Waals surface area contributed by atoms with E-state index in [1.807, 2.05) is 54.1 Å². The van der Waals surface area contributed by atoms with E-state index in [1.165, 1.54) is 22.2 Å². The molecule has 0 saturated heterocycles. The highest BCUT2D eigenvalue weighted by Gasteiger charge is 2.24. The summed E-state index contributed by atoms with van der Waals surface area (Å²) in [6, 6.07) is 9.90. The number of anilines is 1. The third-order valence-electron chi connectivity index (χ3n) is 5.24. The standard InChI is InChI=1S/C22H21N5S/c1-14-7-8-17-18(11-14)28-22-19(17)21(25-13-16-6-2-3-10-24-16)26-20(27-22)15-5-4-9-23-12-15/h2-6,9-10,12,14H,7-8,11,13H2,1H3,(H,25,26,27)/t14-/m1/s1. The molecule has 4 aromatic rings. The highest BCUT2D eigenvalue weighted by atomic mass is 32.1. The van der Waals surface area contributed by atoms with Crippen LogP contribution in [-0.2, 0) is 19.4 Å². The van der Waals surface area contributed by atoms with Crippen molar-refractivity contribution in [2.75, 3.05) is 5.32 Å². The van der Waals surface area contributed by atoms with Gasteiger partial charge in [-0.25, -0.2) is 9.97 Å². The Morgan fingerprint density at radius 1 is 1.14 bits per heavy atom. The van der Waals surface area contributed by atoms with Gasteiger partial charge in [0.25, 0.3) is 0 Å². The van der Waals surface area contributed by atoms with Crippen LogP contribution in [0.1, 0.15) is 29.5 Å². The fraction of sp³-hybridized carbons (Fsp3) is 0.273. The molecular weight excluding hydrogens is 366 g/mol. The summed E-state index contributed by atoms with van der Waals surface area (Å²) in [6.07, 6.45) is 8.87. The smallest absolute Gasteiger partial charge is 0.164 e. The van der Waals surface area contributed by atoms with Gasteiger partial charge < -0.3 is 5.32 Å². The Bertz CT molecular complexity index is 1110. The lowest BCUT2D eigenvalue weighted by atomic mass is 9.89. The molecule has 1 aliphatic rings. The quantitative estimate of drug-likeness (QED) is 0.540. The molecule has 1 aliphatic carbocycles. The third-order valence-corrected chi connectivity index (χ3v) is 6.39. The number of fused-ring (bicyclic) bond motifs is 3. The maximum Gasteiger partial charge on any atom is 0.164 e. The molecule has 1 atom stereocenters. The van der Waals surface area contributed by atoms with E-state index >= 15 is 0 Å². The van der Waals surface area contributed by atoms with Crippen molar-refractivity contribution >= 4 is 27.4 Å². The molecule has 4 heterocycles. The van der Waals surface area contributed by atoms with Crippen molar-refractivity contribution in [1.82, 2.24) is 19.9 Å². The lowest BCUT2D eigenvalue weighted by Crippen LogP contribution is -2.10. The summed E-state index contributed by atoms with van der Waals surface area (Å²) in [5.41, 5.74) is 3.36. The Morgan fingerprint density at radius 2 is 2.11 bits per heavy atom. The first-order chi connectivity index (χ1) is 13.8. The Labute approximate surface area is 167 Å². The van der Waals surface area contributed by atoms with Crippen LogP contribution in [0, 0.1) is 5.92 Å². The van der Waals surface area contributed by atoms with Crippen LogP contribution in [0.15, 0.2) is 48.9 Å². The minimum absolute atomic E-state index is 0.639. The van der Waals surface area contributed by atoms with E-state index in [2.05, 4.69) is 22.2 Å². The van der Waals surface area contributed by atoms with Crippen molar-refractivity contribution in [2.24, 2.45) is 5.92 Å². The van der Waals surface area contributed by atoms with Crippen LogP contribution >= 0.6 is 11.3 Å². The number of nitrogens with one attached hydrogen (secondary N) is 1. The van der Waals surface area contributed by atoms with Gasteiger partial charge in [-0.05, 0) is 55.0 Å². The van der Waals surface area contributed by atoms with Crippen molar-refractivity contribution in [3.05, 3.63) is 65.1 Å². The van der Waals surface area contributed by atoms with Gasteiger partial charge in [-0.15, -0.1) is 11.3 Å². The second-order valence-corrected chi connectivity index (χ2v) is 8.43. The predicted octanol–water partition coefficient (Wildman–Crippen LogP) is 4.89. The second-order valence-electron chi connectivity index (χ2n) is 7.34. The first kappa shape index (κ1) is 17.3. The van der Waals surface area contributed by atoms with E-state index in [0.29, 0.717) is 6.54 Å². The van der Waals surface area contributed by atoms with Gasteiger partial charge in [-0.2, -0.15) is 0 Å². The van der Waals surface area contributed by atoms with Gasteiger partial charge >= 0.3 is 0 Å². The van der Waals surface area contributed by atoms with Crippen molar-refractivity contribution in [1.29, 1.82) is 0 Å². The van der Waals surface area contributed by atoms with Crippen LogP contribution in [0.25, 0.3) is 21.6 Å². The third kappa shape index (κ3) is 3.24. The van der Waals surface area contributed by atoms with Crippen LogP contribution in [0.2, 0.25) is 0 Å². The van der Waals surface area contributed by atoms with E-state index in [0.717, 1.165) is 46.5 Å². The maximum absolute atomic E-state index is 4.90. The van der Waals surface area contributed by atoms with E-state index in [1.54, 1.807) is 6.20 Å². The molecule has 0 saturated carbocycles. The number of aryl methyl sites for hydroxylation is 1. The van der Waals surface area contributed by atoms with E-state index < -0.39 is 0 Å². The lowest BCUT2D eigenvalue weighted by molar-refractivity contribution is 0.509. The fourth-order valence-corrected chi connectivity index (χ4v) is 5.15. The summed E-state index contributed by atoms with van der Waals surface area (Å²) in [4.78, 5) is 21.0. The monoisotopic (exact) mass is 387 g/mol. The van der Waals surface area contributed by atoms with Gasteiger partial charge in [0, 0.05) is 29.0 Å². The summed E-state index contributed by atoms with van der Waals surface area (Å²) >= 11 is 1.82. The first-order valence-corrected chi connectivity index (χ1v) is 10.5. The van der Waals surface area contributed by atoms with E-state index in [9.17, 15) is 0 Å². The molecule has 140 valence electrons. The molecule has 6 heteroatoms. The molecule has 0 aliphatic heterocycles. The molecule has 5 nitrogen and oxygen atoms in total. The summed E-state index contributed by atoms with van der Waals surface area (Å²) in [6.45, 7) is 2.97. The van der Waals surface area contributed by atoms with Gasteiger partial charge in [0.15, 0.2) is 5.82 Å². The van der Waals surface area contributed by atoms with Crippen LogP contribution in [0.4, 0.5) is 5.82 Å². The molecule has 4 aromatic heterocycles. The van der Waals surface area contributed by atoms with Gasteiger partial charge in [-0.3, -0.25) is 9.97 Å². The number of rotatable bonds is 4. The largest absolute Gasteiger partial charge is 0.364 e. The van der Waals surface area contributed by atoms with Crippen molar-refractivity contribution in [3.63, 3.8) is 0 Å². The molecule has 0 bridgehead atoms. The van der Waals surface area contributed by atoms with Crippen molar-refractivity contribution in [3.8, 4) is 11.4 Å². The Kier molecular flexibility index (Phi) is 4.49. The predicted molar refractivity (Wildman–Crippen MR) is 113 cm³/mol. The average molecular weight is 388 g/mol. The number of aromatic nitrogens is 4. The van der Waals surface area contributed by atoms with Crippen LogP contribution < -0.4 is 5.32 Å². The molecule has 0 fully saturated rings. The molecule has 0 radical (unpaired) electrons. The lowest BCUT2D eigenvalue weighted by Gasteiger charge is -2.18. The average Bonchev–Trinajstić information content (AvgIpc) is 3.10. The zero-order valence-corrected chi connectivity index (χ0v) is 16.5. The summed E-state index contributed by atoms with van der Waals surface area (Å²) in [7, 11) is 0. The summed E-state index contributed by atoms with van der Waals surface area (Å²) in [5, 5.41) is 4.72. The molecule has 1 N–H and O–H groups in total. The first-order valence-electron chi connectivity index (χ1n) is 9.64.